The summed E-state index contributed by atoms with van der Waals surface area (Å²) in [6.45, 7) is 6.51. The Morgan fingerprint density at radius 1 is 1.43 bits per heavy atom. The number of aryl methyl sites for hydroxylation is 1. The lowest BCUT2D eigenvalue weighted by Gasteiger charge is -2.32. The Labute approximate surface area is 130 Å². The average molecular weight is 305 g/mol. The van der Waals surface area contributed by atoms with Crippen molar-refractivity contribution in [2.75, 3.05) is 13.1 Å². The molecule has 21 heavy (non-hydrogen) atoms. The van der Waals surface area contributed by atoms with Crippen LogP contribution in [0.4, 0.5) is 0 Å². The van der Waals surface area contributed by atoms with Crippen LogP contribution in [0.15, 0.2) is 18.0 Å². The van der Waals surface area contributed by atoms with E-state index in [9.17, 15) is 0 Å². The Hall–Kier alpha value is -1.27. The summed E-state index contributed by atoms with van der Waals surface area (Å²) in [6.07, 6.45) is 8.28. The van der Waals surface area contributed by atoms with Gasteiger partial charge in [0.15, 0.2) is 0 Å². The molecular weight excluding hydrogens is 282 g/mol. The Morgan fingerprint density at radius 2 is 2.38 bits per heavy atom. The molecule has 0 N–H and O–H groups in total. The number of aromatic nitrogens is 4. The molecule has 1 atom stereocenters. The highest BCUT2D eigenvalue weighted by molar-refractivity contribution is 7.09. The summed E-state index contributed by atoms with van der Waals surface area (Å²) in [5.74, 6) is 0.675. The zero-order valence-corrected chi connectivity index (χ0v) is 13.4. The fourth-order valence-corrected chi connectivity index (χ4v) is 3.91. The number of hydrogen-bond donors (Lipinski definition) is 0. The average Bonchev–Trinajstić information content (AvgIpc) is 3.12. The van der Waals surface area contributed by atoms with Crippen LogP contribution in [0.25, 0.3) is 0 Å². The van der Waals surface area contributed by atoms with Gasteiger partial charge in [0.25, 0.3) is 0 Å². The molecule has 1 unspecified atom stereocenters. The van der Waals surface area contributed by atoms with Crippen molar-refractivity contribution in [1.82, 2.24) is 24.6 Å². The Kier molecular flexibility index (Phi) is 4.98. The molecule has 1 aliphatic heterocycles. The normalized spacial score (nSPS) is 20.0. The first-order valence-corrected chi connectivity index (χ1v) is 8.69. The summed E-state index contributed by atoms with van der Waals surface area (Å²) in [5, 5.41) is 7.73. The first kappa shape index (κ1) is 14.7. The molecule has 1 saturated heterocycles. The van der Waals surface area contributed by atoms with E-state index >= 15 is 0 Å². The van der Waals surface area contributed by atoms with E-state index in [2.05, 4.69) is 27.3 Å². The van der Waals surface area contributed by atoms with Crippen LogP contribution in [-0.2, 0) is 19.5 Å². The fraction of sp³-hybridized carbons (Fsp3) is 0.667. The van der Waals surface area contributed by atoms with Crippen LogP contribution >= 0.6 is 11.3 Å². The van der Waals surface area contributed by atoms with Gasteiger partial charge in [0.1, 0.15) is 12.7 Å². The highest BCUT2D eigenvalue weighted by Gasteiger charge is 2.21. The first-order chi connectivity index (χ1) is 10.3. The molecule has 5 nitrogen and oxygen atoms in total. The molecule has 0 aliphatic carbocycles. The molecule has 2 aromatic rings. The molecule has 1 aliphatic rings. The van der Waals surface area contributed by atoms with E-state index in [-0.39, 0.29) is 0 Å². The third-order valence-corrected chi connectivity index (χ3v) is 4.92. The van der Waals surface area contributed by atoms with Gasteiger partial charge in [-0.25, -0.2) is 9.97 Å². The summed E-state index contributed by atoms with van der Waals surface area (Å²) >= 11 is 1.81. The van der Waals surface area contributed by atoms with Crippen molar-refractivity contribution in [3.05, 3.63) is 28.7 Å². The van der Waals surface area contributed by atoms with Crippen molar-refractivity contribution in [3.63, 3.8) is 0 Å². The maximum absolute atomic E-state index is 4.74. The third kappa shape index (κ3) is 4.11. The van der Waals surface area contributed by atoms with Crippen LogP contribution in [0.3, 0.4) is 0 Å². The molecule has 0 radical (unpaired) electrons. The van der Waals surface area contributed by atoms with Crippen LogP contribution < -0.4 is 0 Å². The van der Waals surface area contributed by atoms with Crippen LogP contribution in [0.5, 0.6) is 0 Å². The molecule has 0 saturated carbocycles. The number of nitrogens with zero attached hydrogens (tertiary/aromatic N) is 5. The lowest BCUT2D eigenvalue weighted by atomic mass is 9.98. The van der Waals surface area contributed by atoms with Crippen LogP contribution in [0.2, 0.25) is 0 Å². The topological polar surface area (TPSA) is 46.8 Å². The minimum Gasteiger partial charge on any atom is -0.297 e. The number of hydrogen-bond acceptors (Lipinski definition) is 5. The summed E-state index contributed by atoms with van der Waals surface area (Å²) in [7, 11) is 0. The van der Waals surface area contributed by atoms with Crippen molar-refractivity contribution < 1.29 is 0 Å². The smallest absolute Gasteiger partial charge is 0.137 e. The van der Waals surface area contributed by atoms with Gasteiger partial charge in [0.05, 0.1) is 10.7 Å². The minimum atomic E-state index is 0.675. The number of thiazole rings is 1. The van der Waals surface area contributed by atoms with Crippen LogP contribution in [-0.4, -0.2) is 37.7 Å². The quantitative estimate of drug-likeness (QED) is 0.823. The van der Waals surface area contributed by atoms with Gasteiger partial charge in [0.2, 0.25) is 0 Å². The second-order valence-corrected chi connectivity index (χ2v) is 6.79. The zero-order valence-electron chi connectivity index (χ0n) is 12.6. The fourth-order valence-electron chi connectivity index (χ4n) is 3.01. The van der Waals surface area contributed by atoms with Gasteiger partial charge in [-0.2, -0.15) is 5.10 Å². The van der Waals surface area contributed by atoms with Crippen molar-refractivity contribution in [2.24, 2.45) is 5.92 Å². The van der Waals surface area contributed by atoms with Crippen molar-refractivity contribution in [2.45, 2.75) is 45.7 Å². The molecular formula is C15H23N5S. The highest BCUT2D eigenvalue weighted by atomic mass is 32.1. The summed E-state index contributed by atoms with van der Waals surface area (Å²) in [6, 6.07) is 0. The standard InChI is InChI=1S/C15H23N5S/c1-2-4-15-18-14(10-21-15)9-19-6-3-5-13(7-19)8-20-12-16-11-17-20/h10-13H,2-9H2,1H3. The summed E-state index contributed by atoms with van der Waals surface area (Å²) < 4.78 is 1.95. The van der Waals surface area contributed by atoms with Crippen LogP contribution in [0.1, 0.15) is 36.9 Å². The zero-order chi connectivity index (χ0) is 14.5. The maximum atomic E-state index is 4.74. The monoisotopic (exact) mass is 305 g/mol. The molecule has 6 heteroatoms. The minimum absolute atomic E-state index is 0.675. The molecule has 0 aromatic carbocycles. The lowest BCUT2D eigenvalue weighted by Crippen LogP contribution is -2.36. The SMILES string of the molecule is CCCc1nc(CN2CCCC(Cn3cncn3)C2)cs1. The molecule has 114 valence electrons. The van der Waals surface area contributed by atoms with E-state index < -0.39 is 0 Å². The first-order valence-electron chi connectivity index (χ1n) is 7.81. The van der Waals surface area contributed by atoms with Gasteiger partial charge in [-0.1, -0.05) is 6.92 Å². The number of rotatable bonds is 6. The van der Waals surface area contributed by atoms with Gasteiger partial charge in [0, 0.05) is 25.0 Å². The molecule has 0 amide bonds. The largest absolute Gasteiger partial charge is 0.297 e. The summed E-state index contributed by atoms with van der Waals surface area (Å²) in [4.78, 5) is 11.3. The Morgan fingerprint density at radius 3 is 3.19 bits per heavy atom. The van der Waals surface area contributed by atoms with E-state index in [1.54, 1.807) is 6.33 Å². The van der Waals surface area contributed by atoms with Gasteiger partial charge in [-0.05, 0) is 38.1 Å². The second-order valence-electron chi connectivity index (χ2n) is 5.84. The van der Waals surface area contributed by atoms with E-state index in [0.717, 1.165) is 26.1 Å². The highest BCUT2D eigenvalue weighted by Crippen LogP contribution is 2.21. The number of piperidine rings is 1. The van der Waals surface area contributed by atoms with Gasteiger partial charge < -0.3 is 0 Å². The lowest BCUT2D eigenvalue weighted by molar-refractivity contribution is 0.152. The number of likely N-dealkylation sites (tertiary alicyclic amines) is 1. The van der Waals surface area contributed by atoms with Gasteiger partial charge in [-0.15, -0.1) is 11.3 Å². The van der Waals surface area contributed by atoms with Gasteiger partial charge >= 0.3 is 0 Å². The molecule has 2 aromatic heterocycles. The van der Waals surface area contributed by atoms with E-state index in [1.165, 1.54) is 36.5 Å². The predicted molar refractivity (Wildman–Crippen MR) is 84.1 cm³/mol. The van der Waals surface area contributed by atoms with Crippen LogP contribution in [0, 0.1) is 5.92 Å². The second kappa shape index (κ2) is 7.13. The molecule has 0 spiro atoms. The van der Waals surface area contributed by atoms with E-state index in [4.69, 9.17) is 4.98 Å². The van der Waals surface area contributed by atoms with Gasteiger partial charge in [-0.3, -0.25) is 9.58 Å². The molecule has 3 heterocycles. The maximum Gasteiger partial charge on any atom is 0.137 e. The Balaban J connectivity index is 1.53. The van der Waals surface area contributed by atoms with Crippen molar-refractivity contribution in [3.8, 4) is 0 Å². The third-order valence-electron chi connectivity index (χ3n) is 3.96. The summed E-state index contributed by atoms with van der Waals surface area (Å²) in [5.41, 5.74) is 1.24. The predicted octanol–water partition coefficient (Wildman–Crippen LogP) is 2.60. The van der Waals surface area contributed by atoms with E-state index in [1.807, 2.05) is 22.3 Å². The van der Waals surface area contributed by atoms with Crippen molar-refractivity contribution in [1.29, 1.82) is 0 Å². The molecule has 3 rings (SSSR count). The molecule has 1 fully saturated rings. The molecule has 0 bridgehead atoms. The Bertz CT molecular complexity index is 536. The van der Waals surface area contributed by atoms with Crippen molar-refractivity contribution >= 4 is 11.3 Å². The van der Waals surface area contributed by atoms with E-state index in [0.29, 0.717) is 5.92 Å².